The molecule has 1 unspecified atom stereocenters. The van der Waals surface area contributed by atoms with Gasteiger partial charge in [0.05, 0.1) is 11.1 Å². The minimum atomic E-state index is -0.549. The van der Waals surface area contributed by atoms with Gasteiger partial charge in [0.2, 0.25) is 0 Å². The Kier molecular flexibility index (Phi) is 3.40. The molecule has 2 aliphatic heterocycles. The predicted molar refractivity (Wildman–Crippen MR) is 58.9 cm³/mol. The largest absolute Gasteiger partial charge is 0.381 e. The van der Waals surface area contributed by atoms with Crippen LogP contribution in [0.1, 0.15) is 12.8 Å². The lowest BCUT2D eigenvalue weighted by Gasteiger charge is -2.35. The summed E-state index contributed by atoms with van der Waals surface area (Å²) in [5, 5.41) is 10.6. The highest BCUT2D eigenvalue weighted by atomic mass is 35.5. The number of aliphatic imine (C=N–C) groups is 1. The molecule has 2 aliphatic rings. The third-order valence-corrected chi connectivity index (χ3v) is 3.02. The van der Waals surface area contributed by atoms with E-state index in [0.29, 0.717) is 13.2 Å². The van der Waals surface area contributed by atoms with Gasteiger partial charge in [0.25, 0.3) is 0 Å². The summed E-state index contributed by atoms with van der Waals surface area (Å²) in [5.41, 5.74) is -0.574. The molecular formula is C9H12ClN3O3. The average molecular weight is 246 g/mol. The van der Waals surface area contributed by atoms with Gasteiger partial charge < -0.3 is 9.64 Å². The fourth-order valence-corrected chi connectivity index (χ4v) is 2.09. The van der Waals surface area contributed by atoms with Crippen molar-refractivity contribution >= 4 is 17.8 Å². The summed E-state index contributed by atoms with van der Waals surface area (Å²) in [7, 11) is 0. The molecule has 6 nitrogen and oxygen atoms in total. The smallest absolute Gasteiger partial charge is 0.302 e. The van der Waals surface area contributed by atoms with Gasteiger partial charge in [0, 0.05) is 19.3 Å². The standard InChI is InChI=1S/C9H12ClN3O3/c10-9-11-5-8(13(14)15)6-12(9)7-1-3-16-4-2-7/h5-7,9H,1-4H2. The van der Waals surface area contributed by atoms with Crippen molar-refractivity contribution in [2.75, 3.05) is 13.2 Å². The van der Waals surface area contributed by atoms with Crippen LogP contribution in [-0.4, -0.2) is 40.9 Å². The summed E-state index contributed by atoms with van der Waals surface area (Å²) in [6.07, 6.45) is 4.31. The molecule has 2 rings (SSSR count). The van der Waals surface area contributed by atoms with Crippen molar-refractivity contribution < 1.29 is 9.66 Å². The molecule has 1 fully saturated rings. The monoisotopic (exact) mass is 245 g/mol. The van der Waals surface area contributed by atoms with Gasteiger partial charge in [-0.1, -0.05) is 11.6 Å². The Labute approximate surface area is 97.7 Å². The van der Waals surface area contributed by atoms with Crippen molar-refractivity contribution in [3.05, 3.63) is 22.0 Å². The van der Waals surface area contributed by atoms with E-state index < -0.39 is 10.5 Å². The third kappa shape index (κ3) is 2.33. The predicted octanol–water partition coefficient (Wildman–Crippen LogP) is 1.19. The van der Waals surface area contributed by atoms with Gasteiger partial charge in [0.15, 0.2) is 5.62 Å². The number of rotatable bonds is 2. The molecule has 0 aromatic carbocycles. The lowest BCUT2D eigenvalue weighted by atomic mass is 10.1. The highest BCUT2D eigenvalue weighted by Crippen LogP contribution is 2.23. The van der Waals surface area contributed by atoms with E-state index in [4.69, 9.17) is 16.3 Å². The second-order valence-corrected chi connectivity index (χ2v) is 4.08. The third-order valence-electron chi connectivity index (χ3n) is 2.68. The van der Waals surface area contributed by atoms with Gasteiger partial charge in [-0.2, -0.15) is 0 Å². The molecule has 0 amide bonds. The molecular weight excluding hydrogens is 234 g/mol. The molecule has 16 heavy (non-hydrogen) atoms. The van der Waals surface area contributed by atoms with Gasteiger partial charge >= 0.3 is 5.70 Å². The number of ether oxygens (including phenoxy) is 1. The minimum Gasteiger partial charge on any atom is -0.381 e. The molecule has 0 saturated carbocycles. The first-order valence-electron chi connectivity index (χ1n) is 5.07. The number of nitrogens with zero attached hydrogens (tertiary/aromatic N) is 3. The Morgan fingerprint density at radius 2 is 2.25 bits per heavy atom. The van der Waals surface area contributed by atoms with E-state index in [-0.39, 0.29) is 11.7 Å². The Bertz CT molecular complexity index is 339. The average Bonchev–Trinajstić information content (AvgIpc) is 2.30. The van der Waals surface area contributed by atoms with E-state index in [1.165, 1.54) is 12.4 Å². The minimum absolute atomic E-state index is 0.0246. The van der Waals surface area contributed by atoms with Crippen molar-refractivity contribution in [1.29, 1.82) is 0 Å². The molecule has 0 N–H and O–H groups in total. The van der Waals surface area contributed by atoms with E-state index in [9.17, 15) is 10.1 Å². The van der Waals surface area contributed by atoms with Crippen molar-refractivity contribution in [1.82, 2.24) is 4.90 Å². The summed E-state index contributed by atoms with van der Waals surface area (Å²) in [5.74, 6) is 0. The Balaban J connectivity index is 2.12. The first-order valence-corrected chi connectivity index (χ1v) is 5.51. The van der Waals surface area contributed by atoms with Gasteiger partial charge in [0.1, 0.15) is 6.21 Å². The first kappa shape index (κ1) is 11.3. The Morgan fingerprint density at radius 3 is 2.88 bits per heavy atom. The molecule has 1 atom stereocenters. The molecule has 0 aliphatic carbocycles. The van der Waals surface area contributed by atoms with Crippen LogP contribution < -0.4 is 0 Å². The first-order chi connectivity index (χ1) is 7.68. The molecule has 0 radical (unpaired) electrons. The second kappa shape index (κ2) is 4.80. The van der Waals surface area contributed by atoms with Gasteiger partial charge in [-0.05, 0) is 12.8 Å². The normalized spacial score (nSPS) is 26.7. The molecule has 2 heterocycles. The SMILES string of the molecule is O=[N+]([O-])C1=CN(C2CCOCC2)C(Cl)N=C1. The Morgan fingerprint density at radius 1 is 1.56 bits per heavy atom. The van der Waals surface area contributed by atoms with E-state index in [2.05, 4.69) is 4.99 Å². The lowest BCUT2D eigenvalue weighted by Crippen LogP contribution is -2.41. The fraction of sp³-hybridized carbons (Fsp3) is 0.667. The maximum Gasteiger partial charge on any atom is 0.302 e. The number of hydrogen-bond acceptors (Lipinski definition) is 5. The van der Waals surface area contributed by atoms with Crippen LogP contribution in [0.25, 0.3) is 0 Å². The molecule has 0 spiro atoms. The summed E-state index contributed by atoms with van der Waals surface area (Å²) < 4.78 is 5.24. The van der Waals surface area contributed by atoms with Crippen LogP contribution in [0.3, 0.4) is 0 Å². The van der Waals surface area contributed by atoms with Crippen LogP contribution >= 0.6 is 11.6 Å². The number of hydrogen-bond donors (Lipinski definition) is 0. The summed E-state index contributed by atoms with van der Waals surface area (Å²) in [4.78, 5) is 15.8. The van der Waals surface area contributed by atoms with E-state index in [1.807, 2.05) is 0 Å². The highest BCUT2D eigenvalue weighted by molar-refractivity contribution is 6.20. The number of allylic oxidation sites excluding steroid dienone is 1. The maximum absolute atomic E-state index is 10.6. The molecule has 88 valence electrons. The summed E-state index contributed by atoms with van der Waals surface area (Å²) in [6, 6.07) is 0.170. The molecule has 0 aromatic rings. The molecule has 0 aromatic heterocycles. The quantitative estimate of drug-likeness (QED) is 0.317. The van der Waals surface area contributed by atoms with Crippen LogP contribution in [0.2, 0.25) is 0 Å². The number of nitro groups is 1. The van der Waals surface area contributed by atoms with E-state index >= 15 is 0 Å². The highest BCUT2D eigenvalue weighted by Gasteiger charge is 2.28. The molecule has 0 bridgehead atoms. The van der Waals surface area contributed by atoms with Crippen molar-refractivity contribution in [3.63, 3.8) is 0 Å². The molecule has 7 heteroatoms. The van der Waals surface area contributed by atoms with E-state index in [0.717, 1.165) is 12.8 Å². The molecule has 1 saturated heterocycles. The summed E-state index contributed by atoms with van der Waals surface area (Å²) in [6.45, 7) is 1.33. The topological polar surface area (TPSA) is 68.0 Å². The maximum atomic E-state index is 10.6. The van der Waals surface area contributed by atoms with Crippen molar-refractivity contribution in [2.45, 2.75) is 24.5 Å². The fourth-order valence-electron chi connectivity index (χ4n) is 1.82. The van der Waals surface area contributed by atoms with Crippen LogP contribution in [0.5, 0.6) is 0 Å². The van der Waals surface area contributed by atoms with Gasteiger partial charge in [-0.25, -0.2) is 4.99 Å². The van der Waals surface area contributed by atoms with Crippen LogP contribution in [-0.2, 0) is 4.74 Å². The van der Waals surface area contributed by atoms with Gasteiger partial charge in [-0.15, -0.1) is 0 Å². The van der Waals surface area contributed by atoms with E-state index in [1.54, 1.807) is 4.90 Å². The van der Waals surface area contributed by atoms with Crippen LogP contribution in [0.15, 0.2) is 16.9 Å². The Hall–Kier alpha value is -1.14. The number of alkyl halides is 1. The second-order valence-electron chi connectivity index (χ2n) is 3.69. The van der Waals surface area contributed by atoms with Crippen molar-refractivity contribution in [2.24, 2.45) is 4.99 Å². The van der Waals surface area contributed by atoms with Gasteiger partial charge in [-0.3, -0.25) is 10.1 Å². The zero-order chi connectivity index (χ0) is 11.5. The zero-order valence-electron chi connectivity index (χ0n) is 8.58. The lowest BCUT2D eigenvalue weighted by molar-refractivity contribution is -0.415. The number of halogens is 1. The van der Waals surface area contributed by atoms with Crippen LogP contribution in [0.4, 0.5) is 0 Å². The van der Waals surface area contributed by atoms with Crippen molar-refractivity contribution in [3.8, 4) is 0 Å². The van der Waals surface area contributed by atoms with Crippen LogP contribution in [0, 0.1) is 10.1 Å². The zero-order valence-corrected chi connectivity index (χ0v) is 9.34. The summed E-state index contributed by atoms with van der Waals surface area (Å²) >= 11 is 6.01.